The number of rotatable bonds is 6. The number of unbranched alkanes of at least 4 members (excludes halogenated alkanes) is 3. The van der Waals surface area contributed by atoms with Crippen molar-refractivity contribution in [1.82, 2.24) is 9.13 Å². The summed E-state index contributed by atoms with van der Waals surface area (Å²) < 4.78 is 2.05. The number of nitrogen functional groups attached to an aromatic ring is 1. The Morgan fingerprint density at radius 2 is 1.80 bits per heavy atom. The molecule has 1 aromatic heterocycles. The van der Waals surface area contributed by atoms with Gasteiger partial charge in [0.15, 0.2) is 0 Å². The van der Waals surface area contributed by atoms with Gasteiger partial charge in [0.25, 0.3) is 5.56 Å². The summed E-state index contributed by atoms with van der Waals surface area (Å²) in [6, 6.07) is 0. The molecule has 0 atom stereocenters. The standard InChI is InChI=1S/C13H22N4O3/c1-4-5-6-7-8-9(18)15-10-11(14)16(2)13(20)17(3)12(10)19/h4-8,14H2,1-3H3,(H,15,18). The lowest BCUT2D eigenvalue weighted by molar-refractivity contribution is -0.116. The highest BCUT2D eigenvalue weighted by molar-refractivity contribution is 5.92. The minimum absolute atomic E-state index is 0.0278. The van der Waals surface area contributed by atoms with E-state index < -0.39 is 11.2 Å². The number of carbonyl (C=O) groups is 1. The second-order valence-corrected chi connectivity index (χ2v) is 4.82. The van der Waals surface area contributed by atoms with Crippen LogP contribution in [0.3, 0.4) is 0 Å². The van der Waals surface area contributed by atoms with E-state index in [0.29, 0.717) is 6.42 Å². The molecule has 0 aliphatic rings. The first-order valence-corrected chi connectivity index (χ1v) is 6.75. The van der Waals surface area contributed by atoms with Gasteiger partial charge in [-0.1, -0.05) is 26.2 Å². The molecular weight excluding hydrogens is 260 g/mol. The number of hydrogen-bond donors (Lipinski definition) is 2. The van der Waals surface area contributed by atoms with Crippen LogP contribution in [0.2, 0.25) is 0 Å². The first kappa shape index (κ1) is 16.0. The van der Waals surface area contributed by atoms with Crippen molar-refractivity contribution < 1.29 is 4.79 Å². The molecule has 0 aliphatic carbocycles. The summed E-state index contributed by atoms with van der Waals surface area (Å²) in [4.78, 5) is 35.3. The molecule has 0 aliphatic heterocycles. The van der Waals surface area contributed by atoms with Crippen LogP contribution in [-0.2, 0) is 18.9 Å². The summed E-state index contributed by atoms with van der Waals surface area (Å²) in [5, 5.41) is 2.51. The van der Waals surface area contributed by atoms with Crippen LogP contribution in [-0.4, -0.2) is 15.0 Å². The van der Waals surface area contributed by atoms with Crippen LogP contribution in [0.1, 0.15) is 39.0 Å². The molecule has 1 amide bonds. The number of hydrogen-bond acceptors (Lipinski definition) is 4. The summed E-state index contributed by atoms with van der Waals surface area (Å²) in [6.07, 6.45) is 4.26. The molecule has 0 unspecified atom stereocenters. The van der Waals surface area contributed by atoms with Gasteiger partial charge >= 0.3 is 5.69 Å². The van der Waals surface area contributed by atoms with Crippen molar-refractivity contribution in [3.63, 3.8) is 0 Å². The van der Waals surface area contributed by atoms with E-state index in [4.69, 9.17) is 5.73 Å². The Hall–Kier alpha value is -2.05. The Morgan fingerprint density at radius 3 is 2.40 bits per heavy atom. The molecule has 7 nitrogen and oxygen atoms in total. The van der Waals surface area contributed by atoms with E-state index in [1.807, 2.05) is 0 Å². The van der Waals surface area contributed by atoms with Crippen LogP contribution in [0.15, 0.2) is 9.59 Å². The van der Waals surface area contributed by atoms with Crippen LogP contribution in [0, 0.1) is 0 Å². The Bertz CT molecular complexity index is 601. The molecule has 3 N–H and O–H groups in total. The zero-order valence-corrected chi connectivity index (χ0v) is 12.2. The van der Waals surface area contributed by atoms with Gasteiger partial charge in [-0.25, -0.2) is 4.79 Å². The van der Waals surface area contributed by atoms with Gasteiger partial charge in [-0.05, 0) is 6.42 Å². The van der Waals surface area contributed by atoms with E-state index in [0.717, 1.165) is 34.8 Å². The molecule has 1 aromatic rings. The second kappa shape index (κ2) is 6.93. The van der Waals surface area contributed by atoms with Gasteiger partial charge < -0.3 is 11.1 Å². The highest BCUT2D eigenvalue weighted by Gasteiger charge is 2.15. The molecule has 0 fully saturated rings. The number of carbonyl (C=O) groups excluding carboxylic acids is 1. The predicted molar refractivity (Wildman–Crippen MR) is 78.7 cm³/mol. The Kier molecular flexibility index (Phi) is 5.54. The SMILES string of the molecule is CCCCCCC(=O)Nc1c(N)n(C)c(=O)n(C)c1=O. The Balaban J connectivity index is 2.86. The smallest absolute Gasteiger partial charge is 0.332 e. The highest BCUT2D eigenvalue weighted by atomic mass is 16.2. The molecule has 112 valence electrons. The first-order chi connectivity index (χ1) is 9.40. The summed E-state index contributed by atoms with van der Waals surface area (Å²) in [6.45, 7) is 2.09. The fraction of sp³-hybridized carbons (Fsp3) is 0.615. The molecule has 0 aromatic carbocycles. The zero-order valence-electron chi connectivity index (χ0n) is 12.2. The minimum atomic E-state index is -0.590. The third-order valence-electron chi connectivity index (χ3n) is 3.23. The van der Waals surface area contributed by atoms with Gasteiger partial charge in [-0.2, -0.15) is 0 Å². The van der Waals surface area contributed by atoms with Crippen LogP contribution >= 0.6 is 0 Å². The van der Waals surface area contributed by atoms with E-state index >= 15 is 0 Å². The molecule has 20 heavy (non-hydrogen) atoms. The molecule has 0 saturated heterocycles. The summed E-state index contributed by atoms with van der Waals surface area (Å²) in [5.41, 5.74) is 4.57. The molecule has 0 radical (unpaired) electrons. The molecule has 0 saturated carbocycles. The molecule has 7 heteroatoms. The van der Waals surface area contributed by atoms with Crippen LogP contribution < -0.4 is 22.3 Å². The molecule has 0 bridgehead atoms. The van der Waals surface area contributed by atoms with Crippen molar-refractivity contribution in [3.05, 3.63) is 20.8 Å². The number of nitrogens with zero attached hydrogens (tertiary/aromatic N) is 2. The fourth-order valence-electron chi connectivity index (χ4n) is 1.89. The first-order valence-electron chi connectivity index (χ1n) is 6.75. The van der Waals surface area contributed by atoms with Crippen molar-refractivity contribution in [3.8, 4) is 0 Å². The lowest BCUT2D eigenvalue weighted by Gasteiger charge is -2.12. The van der Waals surface area contributed by atoms with Crippen molar-refractivity contribution in [2.75, 3.05) is 11.1 Å². The quantitative estimate of drug-likeness (QED) is 0.745. The lowest BCUT2D eigenvalue weighted by atomic mass is 10.1. The molecule has 1 rings (SSSR count). The average molecular weight is 282 g/mol. The van der Waals surface area contributed by atoms with Gasteiger partial charge in [0.05, 0.1) is 0 Å². The fourth-order valence-corrected chi connectivity index (χ4v) is 1.89. The largest absolute Gasteiger partial charge is 0.383 e. The number of aromatic nitrogens is 2. The predicted octanol–water partition coefficient (Wildman–Crippen LogP) is 0.575. The van der Waals surface area contributed by atoms with Crippen LogP contribution in [0.4, 0.5) is 11.5 Å². The van der Waals surface area contributed by atoms with Crippen molar-refractivity contribution in [2.45, 2.75) is 39.0 Å². The number of nitrogens with two attached hydrogens (primary N) is 1. The van der Waals surface area contributed by atoms with Crippen molar-refractivity contribution in [1.29, 1.82) is 0 Å². The van der Waals surface area contributed by atoms with Gasteiger partial charge in [0.2, 0.25) is 5.91 Å². The molecule has 1 heterocycles. The highest BCUT2D eigenvalue weighted by Crippen LogP contribution is 2.10. The molecule has 0 spiro atoms. The van der Waals surface area contributed by atoms with Crippen molar-refractivity contribution in [2.24, 2.45) is 14.1 Å². The topological polar surface area (TPSA) is 99.1 Å². The van der Waals surface area contributed by atoms with E-state index in [1.165, 1.54) is 14.1 Å². The number of nitrogens with one attached hydrogen (secondary N) is 1. The van der Waals surface area contributed by atoms with Gasteiger partial charge in [0, 0.05) is 20.5 Å². The zero-order chi connectivity index (χ0) is 15.3. The van der Waals surface area contributed by atoms with E-state index in [-0.39, 0.29) is 17.4 Å². The lowest BCUT2D eigenvalue weighted by Crippen LogP contribution is -2.40. The Morgan fingerprint density at radius 1 is 1.15 bits per heavy atom. The third kappa shape index (κ3) is 3.49. The molecular formula is C13H22N4O3. The maximum Gasteiger partial charge on any atom is 0.332 e. The number of amides is 1. The summed E-state index contributed by atoms with van der Waals surface area (Å²) in [5.74, 6) is -0.288. The minimum Gasteiger partial charge on any atom is -0.383 e. The van der Waals surface area contributed by atoms with Gasteiger partial charge in [0.1, 0.15) is 11.5 Å². The van der Waals surface area contributed by atoms with Crippen LogP contribution in [0.25, 0.3) is 0 Å². The summed E-state index contributed by atoms with van der Waals surface area (Å²) >= 11 is 0. The van der Waals surface area contributed by atoms with E-state index in [2.05, 4.69) is 12.2 Å². The second-order valence-electron chi connectivity index (χ2n) is 4.82. The normalized spacial score (nSPS) is 10.6. The average Bonchev–Trinajstić information content (AvgIpc) is 2.44. The maximum atomic E-state index is 11.9. The van der Waals surface area contributed by atoms with E-state index in [9.17, 15) is 14.4 Å². The van der Waals surface area contributed by atoms with Gasteiger partial charge in [-0.3, -0.25) is 18.7 Å². The monoisotopic (exact) mass is 282 g/mol. The van der Waals surface area contributed by atoms with Crippen LogP contribution in [0.5, 0.6) is 0 Å². The third-order valence-corrected chi connectivity index (χ3v) is 3.23. The number of anilines is 2. The van der Waals surface area contributed by atoms with E-state index in [1.54, 1.807) is 0 Å². The maximum absolute atomic E-state index is 11.9. The Labute approximate surface area is 117 Å². The van der Waals surface area contributed by atoms with Crippen molar-refractivity contribution >= 4 is 17.4 Å². The summed E-state index contributed by atoms with van der Waals surface area (Å²) in [7, 11) is 2.80. The van der Waals surface area contributed by atoms with Gasteiger partial charge in [-0.15, -0.1) is 0 Å².